The molecule has 0 saturated carbocycles. The van der Waals surface area contributed by atoms with Crippen LogP contribution in [0.5, 0.6) is 0 Å². The number of thiazole rings is 1. The number of aliphatic hydroxyl groups excluding tert-OH is 1. The molecule has 1 saturated heterocycles. The van der Waals surface area contributed by atoms with Crippen LogP contribution in [0.4, 0.5) is 5.13 Å². The number of hydrogen-bond acceptors (Lipinski definition) is 5. The summed E-state index contributed by atoms with van der Waals surface area (Å²) in [4.78, 5) is 32.9. The van der Waals surface area contributed by atoms with Crippen molar-refractivity contribution < 1.29 is 14.7 Å². The summed E-state index contributed by atoms with van der Waals surface area (Å²) in [6.45, 7) is 3.79. The summed E-state index contributed by atoms with van der Waals surface area (Å²) in [5.41, 5.74) is 2.06. The summed E-state index contributed by atoms with van der Waals surface area (Å²) in [6.07, 6.45) is 0. The van der Waals surface area contributed by atoms with E-state index in [2.05, 4.69) is 20.9 Å². The van der Waals surface area contributed by atoms with E-state index in [-0.39, 0.29) is 11.3 Å². The van der Waals surface area contributed by atoms with E-state index in [0.717, 1.165) is 15.0 Å². The number of aliphatic hydroxyl groups is 1. The van der Waals surface area contributed by atoms with Gasteiger partial charge in [-0.25, -0.2) is 4.98 Å². The van der Waals surface area contributed by atoms with Crippen LogP contribution in [0.1, 0.15) is 27.7 Å². The predicted octanol–water partition coefficient (Wildman–Crippen LogP) is 5.15. The van der Waals surface area contributed by atoms with Gasteiger partial charge in [0.25, 0.3) is 5.78 Å². The van der Waals surface area contributed by atoms with Gasteiger partial charge in [-0.2, -0.15) is 0 Å². The highest BCUT2D eigenvalue weighted by Gasteiger charge is 2.48. The van der Waals surface area contributed by atoms with E-state index >= 15 is 0 Å². The lowest BCUT2D eigenvalue weighted by Crippen LogP contribution is -2.29. The zero-order valence-corrected chi connectivity index (χ0v) is 18.1. The van der Waals surface area contributed by atoms with Gasteiger partial charge in [0, 0.05) is 14.9 Å². The minimum absolute atomic E-state index is 0.0600. The van der Waals surface area contributed by atoms with Gasteiger partial charge in [0.15, 0.2) is 5.13 Å². The van der Waals surface area contributed by atoms with Crippen LogP contribution >= 0.6 is 27.3 Å². The number of carbonyl (C=O) groups excluding carboxylic acids is 2. The molecule has 4 rings (SSSR count). The Bertz CT molecular complexity index is 1130. The number of anilines is 1. The van der Waals surface area contributed by atoms with Crippen LogP contribution in [-0.2, 0) is 9.59 Å². The Morgan fingerprint density at radius 1 is 1.10 bits per heavy atom. The summed E-state index contributed by atoms with van der Waals surface area (Å²) in [7, 11) is 0. The van der Waals surface area contributed by atoms with Crippen LogP contribution in [0.15, 0.2) is 64.6 Å². The molecule has 0 bridgehead atoms. The molecule has 146 valence electrons. The van der Waals surface area contributed by atoms with Gasteiger partial charge in [-0.1, -0.05) is 58.4 Å². The number of nitrogens with zero attached hydrogens (tertiary/aromatic N) is 2. The number of carbonyl (C=O) groups is 2. The molecule has 1 N–H and O–H groups in total. The Kier molecular flexibility index (Phi) is 5.10. The second-order valence-electron chi connectivity index (χ2n) is 6.73. The third-order valence-corrected chi connectivity index (χ3v) is 6.44. The second-order valence-corrected chi connectivity index (χ2v) is 8.83. The molecule has 1 atom stereocenters. The number of benzene rings is 2. The molecule has 1 aliphatic rings. The number of Topliss-reactive ketones (excluding diaryl/α,β-unsaturated/α-hetero) is 1. The van der Waals surface area contributed by atoms with E-state index in [9.17, 15) is 14.7 Å². The molecular formula is C22H17BrN2O3S. The normalized spacial score (nSPS) is 18.4. The Hall–Kier alpha value is -2.77. The Labute approximate surface area is 180 Å². The molecule has 5 nitrogen and oxygen atoms in total. The number of rotatable bonds is 3. The van der Waals surface area contributed by atoms with Crippen LogP contribution in [0, 0.1) is 13.8 Å². The first kappa shape index (κ1) is 19.5. The first-order valence-electron chi connectivity index (χ1n) is 8.94. The lowest BCUT2D eigenvalue weighted by atomic mass is 9.95. The van der Waals surface area contributed by atoms with Crippen molar-refractivity contribution in [3.05, 3.63) is 86.3 Å². The van der Waals surface area contributed by atoms with Crippen LogP contribution < -0.4 is 4.90 Å². The largest absolute Gasteiger partial charge is 0.507 e. The van der Waals surface area contributed by atoms with E-state index in [1.165, 1.54) is 16.2 Å². The van der Waals surface area contributed by atoms with Crippen LogP contribution in [0.2, 0.25) is 0 Å². The van der Waals surface area contributed by atoms with Crippen molar-refractivity contribution in [2.75, 3.05) is 4.90 Å². The fourth-order valence-corrected chi connectivity index (χ4v) is 4.69. The van der Waals surface area contributed by atoms with Gasteiger partial charge in [-0.15, -0.1) is 11.3 Å². The highest BCUT2D eigenvalue weighted by atomic mass is 79.9. The van der Waals surface area contributed by atoms with Gasteiger partial charge in [0.05, 0.1) is 17.3 Å². The molecule has 0 radical (unpaired) electrons. The molecule has 1 aliphatic heterocycles. The molecule has 3 aromatic rings. The zero-order chi connectivity index (χ0) is 20.7. The van der Waals surface area contributed by atoms with Gasteiger partial charge >= 0.3 is 5.91 Å². The van der Waals surface area contributed by atoms with Crippen molar-refractivity contribution in [2.45, 2.75) is 19.9 Å². The van der Waals surface area contributed by atoms with Crippen molar-refractivity contribution in [1.82, 2.24) is 4.98 Å². The highest BCUT2D eigenvalue weighted by molar-refractivity contribution is 9.10. The minimum atomic E-state index is -0.766. The van der Waals surface area contributed by atoms with Gasteiger partial charge < -0.3 is 5.11 Å². The summed E-state index contributed by atoms with van der Waals surface area (Å²) < 4.78 is 0.812. The van der Waals surface area contributed by atoms with Gasteiger partial charge in [0.2, 0.25) is 0 Å². The zero-order valence-electron chi connectivity index (χ0n) is 15.7. The molecule has 7 heteroatoms. The number of ketones is 1. The number of aromatic nitrogens is 1. The van der Waals surface area contributed by atoms with E-state index in [0.29, 0.717) is 16.3 Å². The van der Waals surface area contributed by atoms with Crippen LogP contribution in [-0.4, -0.2) is 21.8 Å². The maximum absolute atomic E-state index is 13.0. The predicted molar refractivity (Wildman–Crippen MR) is 117 cm³/mol. The molecular weight excluding hydrogens is 452 g/mol. The second kappa shape index (κ2) is 7.57. The molecule has 0 spiro atoms. The highest BCUT2D eigenvalue weighted by Crippen LogP contribution is 2.44. The molecule has 1 fully saturated rings. The van der Waals surface area contributed by atoms with Gasteiger partial charge in [-0.05, 0) is 31.5 Å². The maximum atomic E-state index is 13.0. The van der Waals surface area contributed by atoms with Crippen molar-refractivity contribution in [3.8, 4) is 0 Å². The van der Waals surface area contributed by atoms with E-state index in [1.807, 2.05) is 44.2 Å². The molecule has 1 amide bonds. The average molecular weight is 469 g/mol. The Morgan fingerprint density at radius 2 is 1.83 bits per heavy atom. The summed E-state index contributed by atoms with van der Waals surface area (Å²) in [5.74, 6) is -1.61. The summed E-state index contributed by atoms with van der Waals surface area (Å²) in [6, 6.07) is 15.4. The molecule has 2 aromatic carbocycles. The van der Waals surface area contributed by atoms with Crippen molar-refractivity contribution in [2.24, 2.45) is 0 Å². The fraction of sp³-hybridized carbons (Fsp3) is 0.136. The minimum Gasteiger partial charge on any atom is -0.507 e. The van der Waals surface area contributed by atoms with E-state index in [4.69, 9.17) is 0 Å². The SMILES string of the molecule is Cc1nc(N2C(=O)C(=O)C(=C(O)c3ccccc3)[C@@H]2c2cccc(Br)c2)sc1C. The standard InChI is InChI=1S/C22H17BrN2O3S/c1-12-13(2)29-22(24-12)25-18(15-9-6-10-16(23)11-15)17(20(27)21(25)28)19(26)14-7-4-3-5-8-14/h3-11,18,26H,1-2H3/t18-/m0/s1. The van der Waals surface area contributed by atoms with Crippen molar-refractivity contribution in [1.29, 1.82) is 0 Å². The third kappa shape index (κ3) is 3.41. The lowest BCUT2D eigenvalue weighted by molar-refractivity contribution is -0.132. The average Bonchev–Trinajstić information content (AvgIpc) is 3.18. The lowest BCUT2D eigenvalue weighted by Gasteiger charge is -2.23. The summed E-state index contributed by atoms with van der Waals surface area (Å²) >= 11 is 4.81. The monoisotopic (exact) mass is 468 g/mol. The third-order valence-electron chi connectivity index (χ3n) is 4.88. The molecule has 0 unspecified atom stereocenters. The molecule has 29 heavy (non-hydrogen) atoms. The van der Waals surface area contributed by atoms with Gasteiger partial charge in [-0.3, -0.25) is 14.5 Å². The fourth-order valence-electron chi connectivity index (χ4n) is 3.33. The first-order valence-corrected chi connectivity index (χ1v) is 10.6. The van der Waals surface area contributed by atoms with Crippen LogP contribution in [0.3, 0.4) is 0 Å². The Morgan fingerprint density at radius 3 is 2.45 bits per heavy atom. The van der Waals surface area contributed by atoms with Crippen molar-refractivity contribution >= 4 is 49.8 Å². The van der Waals surface area contributed by atoms with Crippen LogP contribution in [0.25, 0.3) is 5.76 Å². The molecule has 2 heterocycles. The maximum Gasteiger partial charge on any atom is 0.301 e. The Balaban J connectivity index is 1.97. The number of aryl methyl sites for hydroxylation is 2. The molecule has 1 aromatic heterocycles. The number of amides is 1. The first-order chi connectivity index (χ1) is 13.9. The van der Waals surface area contributed by atoms with Gasteiger partial charge in [0.1, 0.15) is 5.76 Å². The van der Waals surface area contributed by atoms with Crippen molar-refractivity contribution in [3.63, 3.8) is 0 Å². The summed E-state index contributed by atoms with van der Waals surface area (Å²) in [5, 5.41) is 11.4. The quantitative estimate of drug-likeness (QED) is 0.327. The smallest absolute Gasteiger partial charge is 0.301 e. The topological polar surface area (TPSA) is 70.5 Å². The molecule has 0 aliphatic carbocycles. The van der Waals surface area contributed by atoms with E-state index in [1.54, 1.807) is 24.3 Å². The number of hydrogen-bond donors (Lipinski definition) is 1. The van der Waals surface area contributed by atoms with E-state index < -0.39 is 17.7 Å². The number of halogens is 1.